The van der Waals surface area contributed by atoms with E-state index in [-0.39, 0.29) is 12.2 Å². The number of nitrogens with one attached hydrogen (secondary N) is 1. The van der Waals surface area contributed by atoms with Gasteiger partial charge in [-0.3, -0.25) is 4.79 Å². The summed E-state index contributed by atoms with van der Waals surface area (Å²) in [5.41, 5.74) is 3.01. The van der Waals surface area contributed by atoms with Crippen molar-refractivity contribution in [2.75, 3.05) is 11.5 Å². The van der Waals surface area contributed by atoms with Crippen LogP contribution in [0.5, 0.6) is 0 Å². The zero-order valence-corrected chi connectivity index (χ0v) is 16.4. The van der Waals surface area contributed by atoms with Crippen molar-refractivity contribution in [3.05, 3.63) is 75.3 Å². The molecule has 0 atom stereocenters. The third-order valence-electron chi connectivity index (χ3n) is 4.37. The van der Waals surface area contributed by atoms with Gasteiger partial charge in [-0.25, -0.2) is 9.78 Å². The van der Waals surface area contributed by atoms with Crippen molar-refractivity contribution in [3.63, 3.8) is 0 Å². The van der Waals surface area contributed by atoms with Gasteiger partial charge >= 0.3 is 5.97 Å². The SMILES string of the molecule is Cc1cccc2c(=O)[nH]c(COC(=O)c3ccc(C4SCCS4)cc3)nc12. The van der Waals surface area contributed by atoms with E-state index in [0.29, 0.717) is 26.9 Å². The molecule has 1 aliphatic heterocycles. The number of hydrogen-bond acceptors (Lipinski definition) is 6. The Bertz CT molecular complexity index is 1040. The number of para-hydroxylation sites is 1. The summed E-state index contributed by atoms with van der Waals surface area (Å²) in [6, 6.07) is 13.0. The van der Waals surface area contributed by atoms with E-state index in [2.05, 4.69) is 9.97 Å². The topological polar surface area (TPSA) is 72.1 Å². The van der Waals surface area contributed by atoms with Gasteiger partial charge in [0.15, 0.2) is 0 Å². The second kappa shape index (κ2) is 7.78. The average Bonchev–Trinajstić information content (AvgIpc) is 3.22. The Morgan fingerprint density at radius 3 is 2.67 bits per heavy atom. The second-order valence-corrected chi connectivity index (χ2v) is 8.98. The number of thioether (sulfide) groups is 2. The van der Waals surface area contributed by atoms with E-state index >= 15 is 0 Å². The fraction of sp³-hybridized carbons (Fsp3) is 0.250. The van der Waals surface area contributed by atoms with Gasteiger partial charge in [-0.05, 0) is 36.2 Å². The number of benzene rings is 2. The van der Waals surface area contributed by atoms with Crippen molar-refractivity contribution in [2.24, 2.45) is 0 Å². The predicted octanol–water partition coefficient (Wildman–Crippen LogP) is 4.07. The van der Waals surface area contributed by atoms with Crippen LogP contribution < -0.4 is 5.56 Å². The lowest BCUT2D eigenvalue weighted by Crippen LogP contribution is -2.15. The summed E-state index contributed by atoms with van der Waals surface area (Å²) in [4.78, 5) is 31.6. The monoisotopic (exact) mass is 398 g/mol. The van der Waals surface area contributed by atoms with Gasteiger partial charge in [-0.15, -0.1) is 23.5 Å². The van der Waals surface area contributed by atoms with E-state index < -0.39 is 5.97 Å². The van der Waals surface area contributed by atoms with Gasteiger partial charge in [-0.2, -0.15) is 0 Å². The minimum Gasteiger partial charge on any atom is -0.454 e. The van der Waals surface area contributed by atoms with Crippen LogP contribution in [0.1, 0.15) is 31.9 Å². The summed E-state index contributed by atoms with van der Waals surface area (Å²) < 4.78 is 5.79. The second-order valence-electron chi connectivity index (χ2n) is 6.26. The minimum atomic E-state index is -0.430. The van der Waals surface area contributed by atoms with Gasteiger partial charge in [0.1, 0.15) is 12.4 Å². The molecule has 138 valence electrons. The first kappa shape index (κ1) is 18.1. The normalized spacial score (nSPS) is 14.6. The van der Waals surface area contributed by atoms with E-state index in [1.165, 1.54) is 5.56 Å². The number of esters is 1. The molecule has 2 heterocycles. The molecule has 5 nitrogen and oxygen atoms in total. The Morgan fingerprint density at radius 2 is 1.93 bits per heavy atom. The minimum absolute atomic E-state index is 0.0750. The molecule has 1 aliphatic rings. The molecule has 1 aromatic heterocycles. The Kier molecular flexibility index (Phi) is 5.22. The Labute approximate surface area is 164 Å². The molecule has 0 spiro atoms. The van der Waals surface area contributed by atoms with Crippen molar-refractivity contribution in [1.82, 2.24) is 9.97 Å². The highest BCUT2D eigenvalue weighted by molar-refractivity contribution is 8.19. The zero-order valence-electron chi connectivity index (χ0n) is 14.7. The maximum atomic E-state index is 12.3. The maximum absolute atomic E-state index is 12.3. The van der Waals surface area contributed by atoms with Crippen LogP contribution in [0.15, 0.2) is 47.3 Å². The average molecular weight is 399 g/mol. The first-order valence-electron chi connectivity index (χ1n) is 8.60. The van der Waals surface area contributed by atoms with Gasteiger partial charge in [0.2, 0.25) is 0 Å². The van der Waals surface area contributed by atoms with Crippen molar-refractivity contribution in [3.8, 4) is 0 Å². The molecule has 7 heteroatoms. The van der Waals surface area contributed by atoms with E-state index in [0.717, 1.165) is 17.1 Å². The standard InChI is InChI=1S/C20H18N2O3S2/c1-12-3-2-4-15-17(12)21-16(22-18(15)23)11-25-19(24)13-5-7-14(8-6-13)20-26-9-10-27-20/h2-8,20H,9-11H2,1H3,(H,21,22,23). The number of H-pyrrole nitrogens is 1. The van der Waals surface area contributed by atoms with Crippen molar-refractivity contribution < 1.29 is 9.53 Å². The molecule has 0 aliphatic carbocycles. The summed E-state index contributed by atoms with van der Waals surface area (Å²) in [7, 11) is 0. The first-order valence-corrected chi connectivity index (χ1v) is 10.7. The molecule has 0 unspecified atom stereocenters. The Balaban J connectivity index is 1.47. The Morgan fingerprint density at radius 1 is 1.19 bits per heavy atom. The van der Waals surface area contributed by atoms with E-state index in [1.54, 1.807) is 18.2 Å². The molecule has 27 heavy (non-hydrogen) atoms. The molecule has 0 saturated carbocycles. The summed E-state index contributed by atoms with van der Waals surface area (Å²) in [6.45, 7) is 1.82. The third kappa shape index (κ3) is 3.89. The van der Waals surface area contributed by atoms with Gasteiger partial charge < -0.3 is 9.72 Å². The molecule has 3 aromatic rings. The molecule has 0 radical (unpaired) electrons. The fourth-order valence-corrected chi connectivity index (χ4v) is 5.82. The number of ether oxygens (including phenoxy) is 1. The van der Waals surface area contributed by atoms with E-state index in [4.69, 9.17) is 4.74 Å². The van der Waals surface area contributed by atoms with Crippen LogP contribution in [-0.2, 0) is 11.3 Å². The van der Waals surface area contributed by atoms with Crippen LogP contribution in [0, 0.1) is 6.92 Å². The van der Waals surface area contributed by atoms with Crippen LogP contribution in [0.3, 0.4) is 0 Å². The van der Waals surface area contributed by atoms with Crippen LogP contribution in [-0.4, -0.2) is 27.4 Å². The number of rotatable bonds is 4. The lowest BCUT2D eigenvalue weighted by molar-refractivity contribution is 0.0462. The summed E-state index contributed by atoms with van der Waals surface area (Å²) in [5.74, 6) is 2.23. The maximum Gasteiger partial charge on any atom is 0.338 e. The molecule has 1 fully saturated rings. The number of aromatic amines is 1. The summed E-state index contributed by atoms with van der Waals surface area (Å²) in [5, 5.41) is 0.531. The predicted molar refractivity (Wildman–Crippen MR) is 110 cm³/mol. The number of hydrogen-bond donors (Lipinski definition) is 1. The molecule has 4 rings (SSSR count). The van der Waals surface area contributed by atoms with Crippen LogP contribution in [0.2, 0.25) is 0 Å². The van der Waals surface area contributed by atoms with Crippen molar-refractivity contribution in [1.29, 1.82) is 0 Å². The first-order chi connectivity index (χ1) is 13.1. The van der Waals surface area contributed by atoms with Gasteiger partial charge in [0.25, 0.3) is 5.56 Å². The number of carbonyl (C=O) groups is 1. The largest absolute Gasteiger partial charge is 0.454 e. The van der Waals surface area contributed by atoms with Gasteiger partial charge in [-0.1, -0.05) is 24.3 Å². The number of aryl methyl sites for hydroxylation is 1. The molecular weight excluding hydrogens is 380 g/mol. The smallest absolute Gasteiger partial charge is 0.338 e. The van der Waals surface area contributed by atoms with Crippen LogP contribution in [0.4, 0.5) is 0 Å². The lowest BCUT2D eigenvalue weighted by Gasteiger charge is -2.09. The third-order valence-corrected chi connectivity index (χ3v) is 7.47. The van der Waals surface area contributed by atoms with Gasteiger partial charge in [0.05, 0.1) is 21.0 Å². The molecule has 2 aromatic carbocycles. The summed E-state index contributed by atoms with van der Waals surface area (Å²) >= 11 is 3.85. The molecule has 1 saturated heterocycles. The highest BCUT2D eigenvalue weighted by Crippen LogP contribution is 2.45. The molecule has 0 amide bonds. The van der Waals surface area contributed by atoms with Crippen LogP contribution >= 0.6 is 23.5 Å². The fourth-order valence-electron chi connectivity index (χ4n) is 2.96. The van der Waals surface area contributed by atoms with E-state index in [1.807, 2.05) is 54.7 Å². The zero-order chi connectivity index (χ0) is 18.8. The quantitative estimate of drug-likeness (QED) is 0.668. The lowest BCUT2D eigenvalue weighted by atomic mass is 10.1. The highest BCUT2D eigenvalue weighted by atomic mass is 32.2. The number of fused-ring (bicyclic) bond motifs is 1. The van der Waals surface area contributed by atoms with E-state index in [9.17, 15) is 9.59 Å². The van der Waals surface area contributed by atoms with Crippen molar-refractivity contribution in [2.45, 2.75) is 18.1 Å². The Hall–Kier alpha value is -2.25. The van der Waals surface area contributed by atoms with Gasteiger partial charge in [0, 0.05) is 11.5 Å². The molecule has 1 N–H and O–H groups in total. The number of nitrogens with zero attached hydrogens (tertiary/aromatic N) is 1. The van der Waals surface area contributed by atoms with Crippen LogP contribution in [0.25, 0.3) is 10.9 Å². The summed E-state index contributed by atoms with van der Waals surface area (Å²) in [6.07, 6.45) is 0. The number of aromatic nitrogens is 2. The highest BCUT2D eigenvalue weighted by Gasteiger charge is 2.18. The number of carbonyl (C=O) groups excluding carboxylic acids is 1. The molecular formula is C20H18N2O3S2. The molecule has 0 bridgehead atoms. The van der Waals surface area contributed by atoms with Crippen molar-refractivity contribution >= 4 is 40.4 Å².